The van der Waals surface area contributed by atoms with Crippen LogP contribution in [-0.4, -0.2) is 41.0 Å². The number of carbonyl (C=O) groups is 2. The molecule has 0 radical (unpaired) electrons. The maximum atomic E-state index is 12.9. The van der Waals surface area contributed by atoms with Gasteiger partial charge >= 0.3 is 0 Å². The van der Waals surface area contributed by atoms with Crippen LogP contribution >= 0.6 is 23.2 Å². The van der Waals surface area contributed by atoms with Gasteiger partial charge in [0.1, 0.15) is 5.76 Å². The van der Waals surface area contributed by atoms with E-state index in [1.165, 1.54) is 4.90 Å². The van der Waals surface area contributed by atoms with Gasteiger partial charge in [0.15, 0.2) is 0 Å². The average Bonchev–Trinajstić information content (AvgIpc) is 3.30. The minimum Gasteiger partial charge on any atom is -0.507 e. The van der Waals surface area contributed by atoms with E-state index >= 15 is 0 Å². The molecule has 0 aliphatic carbocycles. The number of rotatable bonds is 4. The number of aliphatic hydroxyl groups excluding tert-OH is 1. The van der Waals surface area contributed by atoms with E-state index in [2.05, 4.69) is 0 Å². The highest BCUT2D eigenvalue weighted by Gasteiger charge is 2.47. The Morgan fingerprint density at radius 1 is 1.10 bits per heavy atom. The van der Waals surface area contributed by atoms with E-state index in [1.54, 1.807) is 48.5 Å². The van der Waals surface area contributed by atoms with E-state index < -0.39 is 17.7 Å². The van der Waals surface area contributed by atoms with Gasteiger partial charge in [-0.1, -0.05) is 35.3 Å². The van der Waals surface area contributed by atoms with Crippen LogP contribution in [0.3, 0.4) is 0 Å². The molecule has 2 atom stereocenters. The second-order valence-corrected chi connectivity index (χ2v) is 8.02. The van der Waals surface area contributed by atoms with Gasteiger partial charge in [-0.05, 0) is 54.8 Å². The highest BCUT2D eigenvalue weighted by molar-refractivity contribution is 6.46. The third-order valence-corrected chi connectivity index (χ3v) is 5.73. The summed E-state index contributed by atoms with van der Waals surface area (Å²) in [5.41, 5.74) is 1.11. The quantitative estimate of drug-likeness (QED) is 0.436. The number of carbonyl (C=O) groups excluding carboxylic acids is 2. The minimum absolute atomic E-state index is 0.0394. The fraction of sp³-hybridized carbons (Fsp3) is 0.273. The van der Waals surface area contributed by atoms with E-state index in [9.17, 15) is 14.7 Å². The maximum Gasteiger partial charge on any atom is 0.295 e. The summed E-state index contributed by atoms with van der Waals surface area (Å²) in [6.45, 7) is 0.917. The van der Waals surface area contributed by atoms with E-state index in [0.717, 1.165) is 12.8 Å². The SMILES string of the molecule is O=C1C(=O)N(CC2CCCO2)C(c2cccc(Cl)c2)/C1=C(\O)c1ccc(Cl)cc1. The van der Waals surface area contributed by atoms with Crippen molar-refractivity contribution in [3.05, 3.63) is 75.3 Å². The summed E-state index contributed by atoms with van der Waals surface area (Å²) in [6.07, 6.45) is 1.61. The number of benzene rings is 2. The molecule has 2 aliphatic heterocycles. The molecule has 1 amide bonds. The highest BCUT2D eigenvalue weighted by atomic mass is 35.5. The fourth-order valence-electron chi connectivity index (χ4n) is 3.86. The van der Waals surface area contributed by atoms with Gasteiger partial charge in [-0.25, -0.2) is 0 Å². The Morgan fingerprint density at radius 3 is 2.52 bits per heavy atom. The number of amides is 1. The second kappa shape index (κ2) is 8.19. The van der Waals surface area contributed by atoms with Crippen LogP contribution in [0.25, 0.3) is 5.76 Å². The Bertz CT molecular complexity index is 981. The summed E-state index contributed by atoms with van der Waals surface area (Å²) in [5.74, 6) is -1.61. The first-order valence-corrected chi connectivity index (χ1v) is 10.1. The first kappa shape index (κ1) is 20.0. The van der Waals surface area contributed by atoms with Gasteiger partial charge in [-0.3, -0.25) is 9.59 Å². The zero-order valence-corrected chi connectivity index (χ0v) is 17.0. The Kier molecular flexibility index (Phi) is 5.63. The lowest BCUT2D eigenvalue weighted by Gasteiger charge is -2.27. The lowest BCUT2D eigenvalue weighted by atomic mass is 9.95. The summed E-state index contributed by atoms with van der Waals surface area (Å²) in [4.78, 5) is 27.3. The largest absolute Gasteiger partial charge is 0.507 e. The molecule has 2 aliphatic rings. The molecule has 2 aromatic carbocycles. The van der Waals surface area contributed by atoms with Crippen LogP contribution in [-0.2, 0) is 14.3 Å². The Hall–Kier alpha value is -2.34. The molecule has 1 N–H and O–H groups in total. The molecule has 2 fully saturated rings. The van der Waals surface area contributed by atoms with Gasteiger partial charge < -0.3 is 14.7 Å². The van der Waals surface area contributed by atoms with Crippen LogP contribution in [0.4, 0.5) is 0 Å². The molecule has 0 aromatic heterocycles. The number of hydrogen-bond donors (Lipinski definition) is 1. The lowest BCUT2D eigenvalue weighted by molar-refractivity contribution is -0.140. The number of ether oxygens (including phenoxy) is 1. The molecule has 150 valence electrons. The predicted molar refractivity (Wildman–Crippen MR) is 111 cm³/mol. The summed E-state index contributed by atoms with van der Waals surface area (Å²) in [7, 11) is 0. The summed E-state index contributed by atoms with van der Waals surface area (Å²) in [6, 6.07) is 12.7. The molecular weight excluding hydrogens is 413 g/mol. The van der Waals surface area contributed by atoms with Gasteiger partial charge in [0, 0.05) is 28.8 Å². The van der Waals surface area contributed by atoms with Crippen molar-refractivity contribution in [2.45, 2.75) is 25.0 Å². The smallest absolute Gasteiger partial charge is 0.295 e. The topological polar surface area (TPSA) is 66.8 Å². The van der Waals surface area contributed by atoms with Gasteiger partial charge in [0.2, 0.25) is 0 Å². The molecule has 0 bridgehead atoms. The number of aliphatic hydroxyl groups is 1. The molecule has 7 heteroatoms. The second-order valence-electron chi connectivity index (χ2n) is 7.15. The van der Waals surface area contributed by atoms with Gasteiger partial charge in [0.25, 0.3) is 11.7 Å². The zero-order chi connectivity index (χ0) is 20.5. The summed E-state index contributed by atoms with van der Waals surface area (Å²) >= 11 is 12.1. The lowest BCUT2D eigenvalue weighted by Crippen LogP contribution is -2.36. The van der Waals surface area contributed by atoms with Crippen molar-refractivity contribution in [3.8, 4) is 0 Å². The van der Waals surface area contributed by atoms with Crippen molar-refractivity contribution in [1.29, 1.82) is 0 Å². The van der Waals surface area contributed by atoms with Crippen LogP contribution in [0.1, 0.15) is 30.0 Å². The third kappa shape index (κ3) is 3.90. The molecule has 2 unspecified atom stereocenters. The molecule has 5 nitrogen and oxygen atoms in total. The van der Waals surface area contributed by atoms with E-state index in [1.807, 2.05) is 0 Å². The predicted octanol–water partition coefficient (Wildman–Crippen LogP) is 4.59. The van der Waals surface area contributed by atoms with Crippen molar-refractivity contribution >= 4 is 40.7 Å². The summed E-state index contributed by atoms with van der Waals surface area (Å²) < 4.78 is 5.68. The third-order valence-electron chi connectivity index (χ3n) is 5.25. The van der Waals surface area contributed by atoms with Gasteiger partial charge in [0.05, 0.1) is 17.7 Å². The van der Waals surface area contributed by atoms with E-state index in [4.69, 9.17) is 27.9 Å². The van der Waals surface area contributed by atoms with Gasteiger partial charge in [-0.2, -0.15) is 0 Å². The standard InChI is InChI=1S/C22H19Cl2NO4/c23-15-8-6-13(7-9-15)20(26)18-19(14-3-1-4-16(24)11-14)25(22(28)21(18)27)12-17-5-2-10-29-17/h1,3-4,6-9,11,17,19,26H,2,5,10,12H2/b20-18+. The normalized spacial score (nSPS) is 23.7. The Morgan fingerprint density at radius 2 is 1.86 bits per heavy atom. The van der Waals surface area contributed by atoms with Crippen molar-refractivity contribution in [2.24, 2.45) is 0 Å². The van der Waals surface area contributed by atoms with E-state index in [0.29, 0.717) is 27.8 Å². The zero-order valence-electron chi connectivity index (χ0n) is 15.5. The monoisotopic (exact) mass is 431 g/mol. The number of likely N-dealkylation sites (tertiary alicyclic amines) is 1. The number of halogens is 2. The Balaban J connectivity index is 1.83. The van der Waals surface area contributed by atoms with Crippen molar-refractivity contribution in [2.75, 3.05) is 13.2 Å². The molecule has 0 spiro atoms. The first-order valence-electron chi connectivity index (χ1n) is 9.37. The van der Waals surface area contributed by atoms with Crippen LogP contribution < -0.4 is 0 Å². The number of hydrogen-bond acceptors (Lipinski definition) is 4. The maximum absolute atomic E-state index is 12.9. The van der Waals surface area contributed by atoms with Crippen LogP contribution in [0, 0.1) is 0 Å². The molecule has 4 rings (SSSR count). The minimum atomic E-state index is -0.742. The number of nitrogens with zero attached hydrogens (tertiary/aromatic N) is 1. The van der Waals surface area contributed by atoms with Crippen LogP contribution in [0.5, 0.6) is 0 Å². The summed E-state index contributed by atoms with van der Waals surface area (Å²) in [5, 5.41) is 11.9. The molecule has 2 saturated heterocycles. The molecule has 29 heavy (non-hydrogen) atoms. The molecule has 2 aromatic rings. The van der Waals surface area contributed by atoms with Gasteiger partial charge in [-0.15, -0.1) is 0 Å². The van der Waals surface area contributed by atoms with E-state index in [-0.39, 0.29) is 24.0 Å². The van der Waals surface area contributed by atoms with Crippen molar-refractivity contribution < 1.29 is 19.4 Å². The fourth-order valence-corrected chi connectivity index (χ4v) is 4.19. The van der Waals surface area contributed by atoms with Crippen molar-refractivity contribution in [1.82, 2.24) is 4.90 Å². The highest BCUT2D eigenvalue weighted by Crippen LogP contribution is 2.40. The molecule has 0 saturated carbocycles. The molecule has 2 heterocycles. The number of Topliss-reactive ketones (excluding diaryl/α,β-unsaturated/α-hetero) is 1. The number of ketones is 1. The first-order chi connectivity index (χ1) is 14.0. The Labute approximate surface area is 178 Å². The van der Waals surface area contributed by atoms with Crippen molar-refractivity contribution in [3.63, 3.8) is 0 Å². The average molecular weight is 432 g/mol. The molecular formula is C22H19Cl2NO4. The van der Waals surface area contributed by atoms with Crippen LogP contribution in [0.15, 0.2) is 54.1 Å². The van der Waals surface area contributed by atoms with Crippen LogP contribution in [0.2, 0.25) is 10.0 Å².